The smallest absolute Gasteiger partial charge is 0.135 e. The molecule has 0 saturated heterocycles. The van der Waals surface area contributed by atoms with Gasteiger partial charge in [0, 0.05) is 20.8 Å². The van der Waals surface area contributed by atoms with Crippen LogP contribution in [0, 0.1) is 0 Å². The summed E-state index contributed by atoms with van der Waals surface area (Å²) < 4.78 is 7.51. The van der Waals surface area contributed by atoms with Crippen molar-refractivity contribution in [2.24, 2.45) is 0 Å². The van der Waals surface area contributed by atoms with E-state index < -0.39 is 0 Å². The van der Waals surface area contributed by atoms with Crippen LogP contribution in [0.5, 0.6) is 0 Å². The molecule has 0 aliphatic heterocycles. The molecule has 2 aliphatic carbocycles. The number of hydrogen-bond acceptors (Lipinski definition) is 1. The van der Waals surface area contributed by atoms with Crippen molar-refractivity contribution in [3.8, 4) is 22.3 Å². The van der Waals surface area contributed by atoms with Crippen LogP contribution in [-0.4, -0.2) is 0 Å². The number of benzene rings is 5. The highest BCUT2D eigenvalue weighted by molar-refractivity contribution is 9.10. The van der Waals surface area contributed by atoms with Crippen LogP contribution in [0.3, 0.4) is 0 Å². The Morgan fingerprint density at radius 2 is 1.21 bits per heavy atom. The summed E-state index contributed by atoms with van der Waals surface area (Å²) in [7, 11) is 0. The van der Waals surface area contributed by atoms with Crippen LogP contribution >= 0.6 is 15.9 Å². The van der Waals surface area contributed by atoms with Gasteiger partial charge in [0.2, 0.25) is 0 Å². The Kier molecular flexibility index (Phi) is 3.27. The van der Waals surface area contributed by atoms with Crippen molar-refractivity contribution in [1.82, 2.24) is 0 Å². The van der Waals surface area contributed by atoms with Crippen LogP contribution in [0.1, 0.15) is 22.3 Å². The van der Waals surface area contributed by atoms with Gasteiger partial charge in [0.15, 0.2) is 0 Å². The number of furan rings is 1. The molecule has 6 aromatic rings. The second-order valence-electron chi connectivity index (χ2n) is 9.00. The van der Waals surface area contributed by atoms with Crippen molar-refractivity contribution in [2.75, 3.05) is 0 Å². The summed E-state index contributed by atoms with van der Waals surface area (Å²) >= 11 is 3.87. The second-order valence-corrected chi connectivity index (χ2v) is 9.85. The van der Waals surface area contributed by atoms with Crippen LogP contribution in [-0.2, 0) is 5.41 Å². The predicted molar refractivity (Wildman–Crippen MR) is 138 cm³/mol. The van der Waals surface area contributed by atoms with E-state index in [9.17, 15) is 0 Å². The van der Waals surface area contributed by atoms with Gasteiger partial charge in [0.05, 0.1) is 5.41 Å². The summed E-state index contributed by atoms with van der Waals surface area (Å²) in [5, 5.41) is 2.35. The van der Waals surface area contributed by atoms with Crippen molar-refractivity contribution >= 4 is 37.9 Å². The molecule has 33 heavy (non-hydrogen) atoms. The van der Waals surface area contributed by atoms with E-state index in [1.54, 1.807) is 0 Å². The molecule has 1 nitrogen and oxygen atoms in total. The average molecular weight is 485 g/mol. The van der Waals surface area contributed by atoms with Gasteiger partial charge in [-0.2, -0.15) is 0 Å². The number of para-hydroxylation sites is 1. The maximum Gasteiger partial charge on any atom is 0.135 e. The van der Waals surface area contributed by atoms with E-state index in [2.05, 4.69) is 113 Å². The Bertz CT molecular complexity index is 1790. The first-order valence-corrected chi connectivity index (χ1v) is 12.0. The molecule has 0 radical (unpaired) electrons. The zero-order chi connectivity index (χ0) is 21.7. The van der Waals surface area contributed by atoms with Crippen molar-refractivity contribution in [1.29, 1.82) is 0 Å². The average Bonchev–Trinajstić information content (AvgIpc) is 3.47. The van der Waals surface area contributed by atoms with Crippen LogP contribution in [0.4, 0.5) is 0 Å². The van der Waals surface area contributed by atoms with Gasteiger partial charge in [0.25, 0.3) is 0 Å². The van der Waals surface area contributed by atoms with Crippen molar-refractivity contribution in [3.63, 3.8) is 0 Å². The molecular weight excluding hydrogens is 468 g/mol. The molecule has 1 spiro atoms. The second kappa shape index (κ2) is 6.03. The molecule has 0 N–H and O–H groups in total. The first-order chi connectivity index (χ1) is 16.3. The van der Waals surface area contributed by atoms with Gasteiger partial charge in [-0.1, -0.05) is 94.8 Å². The molecule has 1 heterocycles. The highest BCUT2D eigenvalue weighted by Gasteiger charge is 2.52. The van der Waals surface area contributed by atoms with Crippen molar-refractivity contribution in [3.05, 3.63) is 130 Å². The topological polar surface area (TPSA) is 13.1 Å². The summed E-state index contributed by atoms with van der Waals surface area (Å²) in [5.74, 6) is 0. The molecule has 2 aliphatic rings. The van der Waals surface area contributed by atoms with E-state index in [-0.39, 0.29) is 5.41 Å². The van der Waals surface area contributed by atoms with E-state index in [0.29, 0.717) is 0 Å². The van der Waals surface area contributed by atoms with Crippen LogP contribution in [0.25, 0.3) is 44.2 Å². The molecule has 1 aromatic heterocycles. The third kappa shape index (κ3) is 2.00. The Morgan fingerprint density at radius 1 is 0.515 bits per heavy atom. The van der Waals surface area contributed by atoms with Crippen LogP contribution in [0.2, 0.25) is 0 Å². The Labute approximate surface area is 199 Å². The first kappa shape index (κ1) is 17.9. The molecule has 0 saturated carbocycles. The fraction of sp³-hybridized carbons (Fsp3) is 0.0323. The molecule has 0 fully saturated rings. The monoisotopic (exact) mass is 484 g/mol. The van der Waals surface area contributed by atoms with Gasteiger partial charge in [-0.3, -0.25) is 0 Å². The Balaban J connectivity index is 1.61. The highest BCUT2D eigenvalue weighted by Crippen LogP contribution is 2.64. The summed E-state index contributed by atoms with van der Waals surface area (Å²) in [6.07, 6.45) is 0. The van der Waals surface area contributed by atoms with Crippen LogP contribution in [0.15, 0.2) is 112 Å². The number of rotatable bonds is 0. The molecule has 154 valence electrons. The molecule has 8 rings (SSSR count). The van der Waals surface area contributed by atoms with Gasteiger partial charge in [0.1, 0.15) is 11.2 Å². The van der Waals surface area contributed by atoms with Gasteiger partial charge in [-0.05, 0) is 63.2 Å². The van der Waals surface area contributed by atoms with E-state index >= 15 is 0 Å². The lowest BCUT2D eigenvalue weighted by Crippen LogP contribution is -2.25. The largest absolute Gasteiger partial charge is 0.456 e. The molecule has 1 unspecified atom stereocenters. The zero-order valence-electron chi connectivity index (χ0n) is 17.6. The highest BCUT2D eigenvalue weighted by atomic mass is 79.9. The summed E-state index contributed by atoms with van der Waals surface area (Å²) in [6, 6.07) is 37.4. The van der Waals surface area contributed by atoms with Gasteiger partial charge in [-0.25, -0.2) is 0 Å². The molecule has 2 heteroatoms. The standard InChI is InChI=1S/C31H17BrO/c32-27-14-7-13-25-30(27)20-10-2-5-12-24(20)31(25)23-11-4-1-8-18(23)21-16-22-19-9-3-6-15-28(19)33-29(22)17-26(21)31/h1-17H. The van der Waals surface area contributed by atoms with E-state index in [0.717, 1.165) is 15.6 Å². The van der Waals surface area contributed by atoms with Crippen molar-refractivity contribution in [2.45, 2.75) is 5.41 Å². The third-order valence-corrected chi connectivity index (χ3v) is 8.22. The van der Waals surface area contributed by atoms with Crippen LogP contribution < -0.4 is 0 Å². The number of fused-ring (bicyclic) bond motifs is 13. The van der Waals surface area contributed by atoms with Gasteiger partial charge in [-0.15, -0.1) is 0 Å². The maximum absolute atomic E-state index is 6.37. The molecule has 0 amide bonds. The van der Waals surface area contributed by atoms with E-state index in [1.807, 2.05) is 6.07 Å². The van der Waals surface area contributed by atoms with Gasteiger partial charge < -0.3 is 4.42 Å². The SMILES string of the molecule is Brc1cccc2c1-c1ccccc1C21c2ccccc2-c2cc3c(cc21)oc1ccccc13. The molecular formula is C31H17BrO. The summed E-state index contributed by atoms with van der Waals surface area (Å²) in [5.41, 5.74) is 12.1. The minimum Gasteiger partial charge on any atom is -0.456 e. The minimum absolute atomic E-state index is 0.352. The number of hydrogen-bond donors (Lipinski definition) is 0. The lowest BCUT2D eigenvalue weighted by Gasteiger charge is -2.30. The number of halogens is 1. The predicted octanol–water partition coefficient (Wildman–Crippen LogP) is 8.69. The fourth-order valence-corrected chi connectivity index (χ4v) is 6.94. The van der Waals surface area contributed by atoms with E-state index in [1.165, 1.54) is 55.3 Å². The molecule has 1 atom stereocenters. The third-order valence-electron chi connectivity index (χ3n) is 7.56. The lowest BCUT2D eigenvalue weighted by atomic mass is 9.70. The lowest BCUT2D eigenvalue weighted by molar-refractivity contribution is 0.666. The fourth-order valence-electron chi connectivity index (χ4n) is 6.36. The van der Waals surface area contributed by atoms with E-state index in [4.69, 9.17) is 4.42 Å². The van der Waals surface area contributed by atoms with Gasteiger partial charge >= 0.3 is 0 Å². The van der Waals surface area contributed by atoms with Crippen molar-refractivity contribution < 1.29 is 4.42 Å². The zero-order valence-corrected chi connectivity index (χ0v) is 19.2. The molecule has 5 aromatic carbocycles. The maximum atomic E-state index is 6.37. The first-order valence-electron chi connectivity index (χ1n) is 11.2. The molecule has 0 bridgehead atoms. The Morgan fingerprint density at radius 3 is 2.09 bits per heavy atom. The minimum atomic E-state index is -0.352. The summed E-state index contributed by atoms with van der Waals surface area (Å²) in [4.78, 5) is 0. The summed E-state index contributed by atoms with van der Waals surface area (Å²) in [6.45, 7) is 0. The quantitative estimate of drug-likeness (QED) is 0.209. The Hall–Kier alpha value is -3.62. The normalized spacial score (nSPS) is 17.4.